The van der Waals surface area contributed by atoms with Gasteiger partial charge in [0.15, 0.2) is 11.5 Å². The molecule has 2 aromatic carbocycles. The number of hydrogen-bond acceptors (Lipinski definition) is 6. The molecule has 0 saturated carbocycles. The Hall–Kier alpha value is -3.11. The van der Waals surface area contributed by atoms with E-state index in [1.807, 2.05) is 6.07 Å². The third kappa shape index (κ3) is 6.44. The molecular formula is C22H27N3O6S. The van der Waals surface area contributed by atoms with Crippen LogP contribution in [0, 0.1) is 0 Å². The fourth-order valence-corrected chi connectivity index (χ4v) is 4.35. The van der Waals surface area contributed by atoms with Gasteiger partial charge in [0.05, 0.1) is 4.90 Å². The minimum atomic E-state index is -3.67. The van der Waals surface area contributed by atoms with E-state index in [0.717, 1.165) is 0 Å². The molecule has 32 heavy (non-hydrogen) atoms. The van der Waals surface area contributed by atoms with Crippen LogP contribution in [0.5, 0.6) is 11.5 Å². The molecule has 2 aromatic rings. The van der Waals surface area contributed by atoms with Crippen molar-refractivity contribution in [2.24, 2.45) is 5.73 Å². The predicted molar refractivity (Wildman–Crippen MR) is 118 cm³/mol. The van der Waals surface area contributed by atoms with Crippen molar-refractivity contribution in [3.05, 3.63) is 54.1 Å². The Morgan fingerprint density at radius 3 is 2.41 bits per heavy atom. The summed E-state index contributed by atoms with van der Waals surface area (Å²) in [6.07, 6.45) is 1.97. The first-order valence-electron chi connectivity index (χ1n) is 10.4. The quantitative estimate of drug-likeness (QED) is 0.435. The van der Waals surface area contributed by atoms with Crippen LogP contribution in [0.25, 0.3) is 0 Å². The van der Waals surface area contributed by atoms with E-state index < -0.39 is 22.0 Å². The van der Waals surface area contributed by atoms with Crippen molar-refractivity contribution >= 4 is 21.8 Å². The number of fused-ring (bicyclic) bond motifs is 1. The Kier molecular flexibility index (Phi) is 8.07. The van der Waals surface area contributed by atoms with Crippen molar-refractivity contribution < 1.29 is 27.5 Å². The van der Waals surface area contributed by atoms with Crippen LogP contribution in [-0.2, 0) is 19.6 Å². The van der Waals surface area contributed by atoms with Crippen LogP contribution >= 0.6 is 0 Å². The van der Waals surface area contributed by atoms with E-state index in [0.29, 0.717) is 49.5 Å². The molecule has 1 atom stereocenters. The first-order valence-corrected chi connectivity index (χ1v) is 11.9. The molecule has 1 heterocycles. The molecular weight excluding hydrogens is 434 g/mol. The fourth-order valence-electron chi connectivity index (χ4n) is 3.27. The van der Waals surface area contributed by atoms with Crippen molar-refractivity contribution in [3.63, 3.8) is 0 Å². The molecule has 4 N–H and O–H groups in total. The smallest absolute Gasteiger partial charge is 0.244 e. The average molecular weight is 462 g/mol. The molecule has 0 saturated heterocycles. The standard InChI is InChI=1S/C22H27N3O6S/c23-22(27)21(16-7-3-1-4-8-16)25-20(26)9-5-2-6-12-24-32(28,29)17-10-11-18-19(15-17)31-14-13-30-18/h1,3-4,7-8,10-11,15,21,24H,2,5-6,9,12-14H2,(H2,23,27)(H,25,26). The number of carbonyl (C=O) groups is 2. The maximum atomic E-state index is 12.5. The summed E-state index contributed by atoms with van der Waals surface area (Å²) >= 11 is 0. The van der Waals surface area contributed by atoms with Crippen LogP contribution < -0.4 is 25.2 Å². The summed E-state index contributed by atoms with van der Waals surface area (Å²) in [6, 6.07) is 12.4. The zero-order chi connectivity index (χ0) is 23.0. The minimum Gasteiger partial charge on any atom is -0.486 e. The Bertz CT molecular complexity index is 1040. The molecule has 1 aliphatic heterocycles. The first kappa shape index (κ1) is 23.6. The number of nitrogens with two attached hydrogens (primary N) is 1. The van der Waals surface area contributed by atoms with Gasteiger partial charge < -0.3 is 20.5 Å². The number of hydrogen-bond donors (Lipinski definition) is 3. The van der Waals surface area contributed by atoms with E-state index in [1.54, 1.807) is 30.3 Å². The molecule has 1 unspecified atom stereocenters. The second kappa shape index (κ2) is 11.0. The van der Waals surface area contributed by atoms with E-state index in [1.165, 1.54) is 12.1 Å². The fraction of sp³-hybridized carbons (Fsp3) is 0.364. The highest BCUT2D eigenvalue weighted by Crippen LogP contribution is 2.32. The zero-order valence-electron chi connectivity index (χ0n) is 17.6. The highest BCUT2D eigenvalue weighted by atomic mass is 32.2. The largest absolute Gasteiger partial charge is 0.486 e. The number of benzene rings is 2. The van der Waals surface area contributed by atoms with Crippen LogP contribution in [-0.4, -0.2) is 40.0 Å². The molecule has 172 valence electrons. The predicted octanol–water partition coefficient (Wildman–Crippen LogP) is 1.64. The number of rotatable bonds is 11. The summed E-state index contributed by atoms with van der Waals surface area (Å²) in [6.45, 7) is 1.06. The number of sulfonamides is 1. The van der Waals surface area contributed by atoms with Crippen molar-refractivity contribution in [2.45, 2.75) is 36.6 Å². The van der Waals surface area contributed by atoms with Gasteiger partial charge in [0.2, 0.25) is 21.8 Å². The number of carbonyl (C=O) groups excluding carboxylic acids is 2. The molecule has 0 radical (unpaired) electrons. The molecule has 0 aliphatic carbocycles. The molecule has 0 fully saturated rings. The molecule has 0 bridgehead atoms. The third-order valence-electron chi connectivity index (χ3n) is 4.92. The van der Waals surface area contributed by atoms with Crippen molar-refractivity contribution in [1.29, 1.82) is 0 Å². The van der Waals surface area contributed by atoms with E-state index in [9.17, 15) is 18.0 Å². The molecule has 0 spiro atoms. The van der Waals surface area contributed by atoms with Gasteiger partial charge in [-0.1, -0.05) is 36.8 Å². The molecule has 10 heteroatoms. The lowest BCUT2D eigenvalue weighted by molar-refractivity contribution is -0.127. The van der Waals surface area contributed by atoms with Gasteiger partial charge in [0, 0.05) is 19.0 Å². The molecule has 9 nitrogen and oxygen atoms in total. The summed E-state index contributed by atoms with van der Waals surface area (Å²) in [5.41, 5.74) is 6.03. The van der Waals surface area contributed by atoms with Gasteiger partial charge >= 0.3 is 0 Å². The van der Waals surface area contributed by atoms with E-state index >= 15 is 0 Å². The SMILES string of the molecule is NC(=O)C(NC(=O)CCCCCNS(=O)(=O)c1ccc2c(c1)OCCO2)c1ccccc1. The summed E-state index contributed by atoms with van der Waals surface area (Å²) in [4.78, 5) is 24.0. The minimum absolute atomic E-state index is 0.111. The molecule has 1 aliphatic rings. The Labute approximate surface area is 187 Å². The second-order valence-corrected chi connectivity index (χ2v) is 9.09. The summed E-state index contributed by atoms with van der Waals surface area (Å²) < 4.78 is 38.3. The summed E-state index contributed by atoms with van der Waals surface area (Å²) in [5.74, 6) is 0.0295. The molecule has 0 aromatic heterocycles. The van der Waals surface area contributed by atoms with Gasteiger partial charge in [0.25, 0.3) is 0 Å². The number of amides is 2. The highest BCUT2D eigenvalue weighted by Gasteiger charge is 2.20. The maximum absolute atomic E-state index is 12.5. The topological polar surface area (TPSA) is 137 Å². The van der Waals surface area contributed by atoms with Gasteiger partial charge in [-0.25, -0.2) is 13.1 Å². The van der Waals surface area contributed by atoms with Gasteiger partial charge in [-0.05, 0) is 30.5 Å². The first-order chi connectivity index (χ1) is 15.4. The van der Waals surface area contributed by atoms with Crippen LogP contribution in [0.15, 0.2) is 53.4 Å². The van der Waals surface area contributed by atoms with E-state index in [4.69, 9.17) is 15.2 Å². The van der Waals surface area contributed by atoms with Crippen molar-refractivity contribution in [2.75, 3.05) is 19.8 Å². The number of unbranched alkanes of at least 4 members (excludes halogenated alkanes) is 2. The lowest BCUT2D eigenvalue weighted by atomic mass is 10.1. The van der Waals surface area contributed by atoms with E-state index in [-0.39, 0.29) is 23.8 Å². The van der Waals surface area contributed by atoms with Gasteiger partial charge in [0.1, 0.15) is 19.3 Å². The molecule has 2 amide bonds. The van der Waals surface area contributed by atoms with Crippen molar-refractivity contribution in [3.8, 4) is 11.5 Å². The van der Waals surface area contributed by atoms with Gasteiger partial charge in [-0.2, -0.15) is 0 Å². The average Bonchev–Trinajstić information content (AvgIpc) is 2.79. The maximum Gasteiger partial charge on any atom is 0.244 e. The summed E-state index contributed by atoms with van der Waals surface area (Å²) in [7, 11) is -3.67. The Morgan fingerprint density at radius 1 is 0.969 bits per heavy atom. The normalized spacial score (nSPS) is 13.9. The Morgan fingerprint density at radius 2 is 1.69 bits per heavy atom. The lowest BCUT2D eigenvalue weighted by Gasteiger charge is -2.18. The monoisotopic (exact) mass is 461 g/mol. The van der Waals surface area contributed by atoms with Gasteiger partial charge in [-0.3, -0.25) is 9.59 Å². The van der Waals surface area contributed by atoms with E-state index in [2.05, 4.69) is 10.0 Å². The summed E-state index contributed by atoms with van der Waals surface area (Å²) in [5, 5.41) is 2.65. The van der Waals surface area contributed by atoms with Gasteiger partial charge in [-0.15, -0.1) is 0 Å². The zero-order valence-corrected chi connectivity index (χ0v) is 18.4. The lowest BCUT2D eigenvalue weighted by Crippen LogP contribution is -2.37. The Balaban J connectivity index is 1.39. The highest BCUT2D eigenvalue weighted by molar-refractivity contribution is 7.89. The molecule has 3 rings (SSSR count). The number of nitrogens with one attached hydrogen (secondary N) is 2. The van der Waals surface area contributed by atoms with Crippen LogP contribution in [0.1, 0.15) is 37.3 Å². The van der Waals surface area contributed by atoms with Crippen LogP contribution in [0.3, 0.4) is 0 Å². The van der Waals surface area contributed by atoms with Crippen LogP contribution in [0.4, 0.5) is 0 Å². The number of ether oxygens (including phenoxy) is 2. The van der Waals surface area contributed by atoms with Crippen LogP contribution in [0.2, 0.25) is 0 Å². The number of primary amides is 1. The van der Waals surface area contributed by atoms with Crippen molar-refractivity contribution in [1.82, 2.24) is 10.0 Å². The third-order valence-corrected chi connectivity index (χ3v) is 6.38. The second-order valence-electron chi connectivity index (χ2n) is 7.33.